The lowest BCUT2D eigenvalue weighted by Crippen LogP contribution is -2.51. The number of anilines is 1. The summed E-state index contributed by atoms with van der Waals surface area (Å²) in [5.41, 5.74) is 2.05. The second-order valence-corrected chi connectivity index (χ2v) is 6.71. The number of fused-ring (bicyclic) bond motifs is 1. The lowest BCUT2D eigenvalue weighted by molar-refractivity contribution is 0.297. The molecule has 2 fully saturated rings. The highest BCUT2D eigenvalue weighted by Gasteiger charge is 2.39. The third-order valence-corrected chi connectivity index (χ3v) is 4.92. The Morgan fingerprint density at radius 1 is 1.05 bits per heavy atom. The normalized spacial score (nSPS) is 24.4. The van der Waals surface area contributed by atoms with Crippen molar-refractivity contribution in [1.29, 1.82) is 0 Å². The topological polar surface area (TPSA) is 41.0 Å². The van der Waals surface area contributed by atoms with Crippen molar-refractivity contribution >= 4 is 28.4 Å². The quantitative estimate of drug-likeness (QED) is 0.814. The Bertz CT molecular complexity index is 599. The Balaban J connectivity index is 1.55. The van der Waals surface area contributed by atoms with E-state index in [-0.39, 0.29) is 0 Å². The number of hydrogen-bond acceptors (Lipinski definition) is 4. The molecular weight excluding hydrogens is 363 g/mol. The fourth-order valence-electron chi connectivity index (χ4n) is 2.91. The van der Waals surface area contributed by atoms with Crippen molar-refractivity contribution in [3.05, 3.63) is 40.0 Å². The van der Waals surface area contributed by atoms with Crippen LogP contribution in [0.3, 0.4) is 0 Å². The molecule has 2 aliphatic heterocycles. The molecule has 3 heterocycles. The zero-order valence-electron chi connectivity index (χ0n) is 11.0. The van der Waals surface area contributed by atoms with Crippen molar-refractivity contribution in [2.24, 2.45) is 5.92 Å². The van der Waals surface area contributed by atoms with E-state index in [1.807, 2.05) is 0 Å². The Kier molecular flexibility index (Phi) is 3.11. The van der Waals surface area contributed by atoms with Gasteiger partial charge in [-0.1, -0.05) is 12.1 Å². The maximum absolute atomic E-state index is 4.40. The molecule has 4 rings (SSSR count). The summed E-state index contributed by atoms with van der Waals surface area (Å²) in [6, 6.07) is 13.2. The van der Waals surface area contributed by atoms with Gasteiger partial charge in [-0.3, -0.25) is 0 Å². The van der Waals surface area contributed by atoms with E-state index >= 15 is 0 Å². The predicted molar refractivity (Wildman–Crippen MR) is 87.7 cm³/mol. The van der Waals surface area contributed by atoms with E-state index in [0.717, 1.165) is 42.6 Å². The minimum Gasteiger partial charge on any atom is -0.353 e. The molecule has 2 saturated heterocycles. The van der Waals surface area contributed by atoms with E-state index in [2.05, 4.69) is 79.4 Å². The van der Waals surface area contributed by atoms with E-state index in [4.69, 9.17) is 0 Å². The largest absolute Gasteiger partial charge is 0.353 e. The summed E-state index contributed by atoms with van der Waals surface area (Å²) >= 11 is 2.31. The first-order valence-corrected chi connectivity index (χ1v) is 7.95. The van der Waals surface area contributed by atoms with Crippen LogP contribution in [-0.2, 0) is 0 Å². The van der Waals surface area contributed by atoms with E-state index in [0.29, 0.717) is 6.04 Å². The van der Waals surface area contributed by atoms with E-state index < -0.39 is 0 Å². The maximum atomic E-state index is 4.40. The zero-order chi connectivity index (χ0) is 13.5. The summed E-state index contributed by atoms with van der Waals surface area (Å²) in [6.07, 6.45) is 0. The Morgan fingerprint density at radius 2 is 1.90 bits per heavy atom. The highest BCUT2D eigenvalue weighted by molar-refractivity contribution is 14.1. The van der Waals surface area contributed by atoms with Crippen LogP contribution in [0.1, 0.15) is 0 Å². The molecule has 0 unspecified atom stereocenters. The number of nitrogens with zero attached hydrogens (tertiary/aromatic N) is 3. The molecule has 102 valence electrons. The third-order valence-electron chi connectivity index (χ3n) is 4.20. The van der Waals surface area contributed by atoms with Gasteiger partial charge >= 0.3 is 0 Å². The van der Waals surface area contributed by atoms with Gasteiger partial charge in [-0.15, -0.1) is 10.2 Å². The monoisotopic (exact) mass is 378 g/mol. The van der Waals surface area contributed by atoms with Crippen LogP contribution in [0.25, 0.3) is 11.3 Å². The second-order valence-electron chi connectivity index (χ2n) is 5.46. The summed E-state index contributed by atoms with van der Waals surface area (Å²) in [5.74, 6) is 1.79. The van der Waals surface area contributed by atoms with Gasteiger partial charge in [0.15, 0.2) is 5.82 Å². The van der Waals surface area contributed by atoms with Gasteiger partial charge in [0.25, 0.3) is 0 Å². The summed E-state index contributed by atoms with van der Waals surface area (Å²) in [6.45, 7) is 3.31. The molecule has 2 aromatic rings. The predicted octanol–water partition coefficient (Wildman–Crippen LogP) is 2.16. The summed E-state index contributed by atoms with van der Waals surface area (Å²) in [7, 11) is 0. The van der Waals surface area contributed by atoms with Gasteiger partial charge in [-0.05, 0) is 46.9 Å². The molecular formula is C15H15IN4. The number of benzene rings is 1. The highest BCUT2D eigenvalue weighted by Crippen LogP contribution is 2.27. The van der Waals surface area contributed by atoms with Gasteiger partial charge in [0.2, 0.25) is 0 Å². The van der Waals surface area contributed by atoms with Crippen molar-refractivity contribution in [2.45, 2.75) is 6.04 Å². The van der Waals surface area contributed by atoms with Crippen LogP contribution in [0.15, 0.2) is 36.4 Å². The molecule has 1 aromatic heterocycles. The number of hydrogen-bond donors (Lipinski definition) is 1. The van der Waals surface area contributed by atoms with Crippen LogP contribution < -0.4 is 10.2 Å². The van der Waals surface area contributed by atoms with E-state index in [9.17, 15) is 0 Å². The fraction of sp³-hybridized carbons (Fsp3) is 0.333. The van der Waals surface area contributed by atoms with Gasteiger partial charge in [0.05, 0.1) is 5.69 Å². The smallest absolute Gasteiger partial charge is 0.151 e. The molecule has 1 N–H and O–H groups in total. The number of halogens is 1. The summed E-state index contributed by atoms with van der Waals surface area (Å²) in [5, 5.41) is 12.2. The van der Waals surface area contributed by atoms with Gasteiger partial charge in [0, 0.05) is 40.7 Å². The molecule has 0 radical (unpaired) electrons. The Labute approximate surface area is 131 Å². The molecule has 1 aromatic carbocycles. The van der Waals surface area contributed by atoms with Crippen molar-refractivity contribution in [3.8, 4) is 11.3 Å². The molecule has 2 aliphatic rings. The second kappa shape index (κ2) is 4.96. The van der Waals surface area contributed by atoms with Crippen LogP contribution in [0.2, 0.25) is 0 Å². The van der Waals surface area contributed by atoms with Crippen LogP contribution in [0.5, 0.6) is 0 Å². The summed E-state index contributed by atoms with van der Waals surface area (Å²) < 4.78 is 1.23. The van der Waals surface area contributed by atoms with Crippen LogP contribution in [0.4, 0.5) is 5.82 Å². The SMILES string of the molecule is Ic1ccc(-c2ccc(N3C[C@@H]4CN[C@@H]4C3)nn2)cc1. The molecule has 0 aliphatic carbocycles. The first-order chi connectivity index (χ1) is 9.79. The van der Waals surface area contributed by atoms with Crippen molar-refractivity contribution in [2.75, 3.05) is 24.5 Å². The van der Waals surface area contributed by atoms with E-state index in [1.54, 1.807) is 0 Å². The third kappa shape index (κ3) is 2.18. The molecule has 4 nitrogen and oxygen atoms in total. The maximum Gasteiger partial charge on any atom is 0.151 e. The number of nitrogens with one attached hydrogen (secondary N) is 1. The minimum absolute atomic E-state index is 0.660. The molecule has 2 atom stereocenters. The average molecular weight is 378 g/mol. The average Bonchev–Trinajstić information content (AvgIpc) is 2.76. The summed E-state index contributed by atoms with van der Waals surface area (Å²) in [4.78, 5) is 2.33. The van der Waals surface area contributed by atoms with Gasteiger partial charge in [0.1, 0.15) is 0 Å². The van der Waals surface area contributed by atoms with E-state index in [1.165, 1.54) is 3.57 Å². The number of rotatable bonds is 2. The minimum atomic E-state index is 0.660. The Morgan fingerprint density at radius 3 is 2.45 bits per heavy atom. The standard InChI is InChI=1S/C15H15IN4/c16-12-3-1-10(2-4-12)13-5-6-15(19-18-13)20-8-11-7-17-14(11)9-20/h1-6,11,14,17H,7-9H2/t11-,14+/m0/s1. The zero-order valence-corrected chi connectivity index (χ0v) is 13.1. The van der Waals surface area contributed by atoms with Gasteiger partial charge in [-0.25, -0.2) is 0 Å². The van der Waals surface area contributed by atoms with Crippen molar-refractivity contribution < 1.29 is 0 Å². The van der Waals surface area contributed by atoms with Gasteiger partial charge < -0.3 is 10.2 Å². The molecule has 0 amide bonds. The first kappa shape index (κ1) is 12.5. The van der Waals surface area contributed by atoms with Crippen molar-refractivity contribution in [3.63, 3.8) is 0 Å². The Hall–Kier alpha value is -1.21. The van der Waals surface area contributed by atoms with Crippen molar-refractivity contribution in [1.82, 2.24) is 15.5 Å². The fourth-order valence-corrected chi connectivity index (χ4v) is 3.27. The lowest BCUT2D eigenvalue weighted by Gasteiger charge is -2.29. The van der Waals surface area contributed by atoms with Crippen LogP contribution in [-0.4, -0.2) is 35.9 Å². The molecule has 0 bridgehead atoms. The molecule has 5 heteroatoms. The molecule has 0 spiro atoms. The number of aromatic nitrogens is 2. The highest BCUT2D eigenvalue weighted by atomic mass is 127. The lowest BCUT2D eigenvalue weighted by atomic mass is 9.96. The first-order valence-electron chi connectivity index (χ1n) is 6.87. The molecule has 0 saturated carbocycles. The molecule has 20 heavy (non-hydrogen) atoms. The van der Waals surface area contributed by atoms with Crippen LogP contribution in [0, 0.1) is 9.49 Å². The van der Waals surface area contributed by atoms with Gasteiger partial charge in [-0.2, -0.15) is 0 Å². The van der Waals surface area contributed by atoms with Crippen LogP contribution >= 0.6 is 22.6 Å².